The third kappa shape index (κ3) is 5.84. The van der Waals surface area contributed by atoms with Gasteiger partial charge in [-0.15, -0.1) is 0 Å². The molecule has 0 aliphatic rings. The zero-order chi connectivity index (χ0) is 42.1. The molecular formula is C60H37NO3. The number of benzene rings is 10. The minimum atomic E-state index is 0.842. The Hall–Kier alpha value is -8.60. The van der Waals surface area contributed by atoms with Crippen LogP contribution in [0.2, 0.25) is 0 Å². The first-order valence-electron chi connectivity index (χ1n) is 21.6. The van der Waals surface area contributed by atoms with Gasteiger partial charge in [0, 0.05) is 60.5 Å². The van der Waals surface area contributed by atoms with Crippen molar-refractivity contribution in [2.45, 2.75) is 0 Å². The predicted molar refractivity (Wildman–Crippen MR) is 265 cm³/mol. The molecule has 13 rings (SSSR count). The number of nitrogens with zero attached hydrogens (tertiary/aromatic N) is 1. The number of hydrogen-bond acceptors (Lipinski definition) is 4. The van der Waals surface area contributed by atoms with E-state index in [0.717, 1.165) is 116 Å². The molecule has 3 aromatic heterocycles. The minimum absolute atomic E-state index is 0.842. The number of para-hydroxylation sites is 3. The van der Waals surface area contributed by atoms with Crippen LogP contribution < -0.4 is 4.90 Å². The standard InChI is InChI=1S/C60H37NO3/c1-3-12-38(13-4-1)39-22-29-44(30-23-39)61(46-33-26-41(27-34-46)47-18-11-19-49-48-16-7-9-20-53(48)63-59(47)49)45-31-24-40(25-32-45)43-28-35-55-51(36-43)52-37-56-58(50-17-8-10-21-54(50)62-56)57(60(52)64-55)42-14-5-2-6-15-42/h1-37H. The summed E-state index contributed by atoms with van der Waals surface area (Å²) in [5.74, 6) is 0. The van der Waals surface area contributed by atoms with Crippen molar-refractivity contribution in [2.24, 2.45) is 0 Å². The average molecular weight is 820 g/mol. The number of rotatable bonds is 7. The van der Waals surface area contributed by atoms with E-state index in [2.05, 4.69) is 199 Å². The molecule has 4 heteroatoms. The van der Waals surface area contributed by atoms with E-state index in [-0.39, 0.29) is 0 Å². The molecule has 0 aliphatic carbocycles. The van der Waals surface area contributed by atoms with Crippen LogP contribution in [0.4, 0.5) is 17.1 Å². The van der Waals surface area contributed by atoms with Gasteiger partial charge in [-0.05, 0) is 100 Å². The van der Waals surface area contributed by atoms with E-state index < -0.39 is 0 Å². The van der Waals surface area contributed by atoms with Gasteiger partial charge in [0.15, 0.2) is 0 Å². The molecule has 0 saturated carbocycles. The van der Waals surface area contributed by atoms with E-state index in [1.54, 1.807) is 0 Å². The summed E-state index contributed by atoms with van der Waals surface area (Å²) in [6.45, 7) is 0. The molecule has 0 unspecified atom stereocenters. The molecule has 13 aromatic rings. The summed E-state index contributed by atoms with van der Waals surface area (Å²) < 4.78 is 19.7. The SMILES string of the molecule is c1ccc(-c2ccc(N(c3ccc(-c4ccc5oc6c(-c7ccccc7)c7c(cc6c5c4)oc4ccccc47)cc3)c3ccc(-c4cccc5c4oc4ccccc45)cc3)cc2)cc1. The van der Waals surface area contributed by atoms with E-state index >= 15 is 0 Å². The summed E-state index contributed by atoms with van der Waals surface area (Å²) >= 11 is 0. The topological polar surface area (TPSA) is 42.7 Å². The van der Waals surface area contributed by atoms with Gasteiger partial charge in [0.1, 0.15) is 33.5 Å². The Morgan fingerprint density at radius 3 is 1.45 bits per heavy atom. The molecule has 64 heavy (non-hydrogen) atoms. The fraction of sp³-hybridized carbons (Fsp3) is 0. The molecule has 0 N–H and O–H groups in total. The summed E-state index contributed by atoms with van der Waals surface area (Å²) in [7, 11) is 0. The summed E-state index contributed by atoms with van der Waals surface area (Å²) in [5, 5.41) is 6.49. The van der Waals surface area contributed by atoms with E-state index in [9.17, 15) is 0 Å². The van der Waals surface area contributed by atoms with Crippen molar-refractivity contribution in [3.05, 3.63) is 224 Å². The largest absolute Gasteiger partial charge is 0.456 e. The van der Waals surface area contributed by atoms with Gasteiger partial charge in [-0.2, -0.15) is 0 Å². The van der Waals surface area contributed by atoms with E-state index in [1.807, 2.05) is 30.3 Å². The van der Waals surface area contributed by atoms with Gasteiger partial charge in [-0.1, -0.05) is 158 Å². The van der Waals surface area contributed by atoms with Crippen LogP contribution >= 0.6 is 0 Å². The van der Waals surface area contributed by atoms with Crippen molar-refractivity contribution in [1.82, 2.24) is 0 Å². The predicted octanol–water partition coefficient (Wildman–Crippen LogP) is 17.5. The minimum Gasteiger partial charge on any atom is -0.456 e. The first kappa shape index (κ1) is 36.1. The Morgan fingerprint density at radius 2 is 0.766 bits per heavy atom. The van der Waals surface area contributed by atoms with Crippen LogP contribution in [-0.4, -0.2) is 0 Å². The average Bonchev–Trinajstić information content (AvgIpc) is 4.06. The van der Waals surface area contributed by atoms with Crippen molar-refractivity contribution in [3.8, 4) is 44.5 Å². The highest BCUT2D eigenvalue weighted by Gasteiger charge is 2.22. The molecular weight excluding hydrogens is 783 g/mol. The van der Waals surface area contributed by atoms with Crippen LogP contribution in [0.3, 0.4) is 0 Å². The first-order valence-corrected chi connectivity index (χ1v) is 21.6. The van der Waals surface area contributed by atoms with Crippen LogP contribution in [0.15, 0.2) is 238 Å². The van der Waals surface area contributed by atoms with Crippen molar-refractivity contribution < 1.29 is 13.3 Å². The molecule has 0 fully saturated rings. The quantitative estimate of drug-likeness (QED) is 0.161. The van der Waals surface area contributed by atoms with E-state index in [4.69, 9.17) is 13.3 Å². The smallest absolute Gasteiger partial charge is 0.144 e. The highest BCUT2D eigenvalue weighted by molar-refractivity contribution is 6.23. The molecule has 10 aromatic carbocycles. The fourth-order valence-corrected chi connectivity index (χ4v) is 9.62. The number of anilines is 3. The second-order valence-electron chi connectivity index (χ2n) is 16.4. The van der Waals surface area contributed by atoms with Gasteiger partial charge in [0.25, 0.3) is 0 Å². The van der Waals surface area contributed by atoms with Crippen LogP contribution in [-0.2, 0) is 0 Å². The van der Waals surface area contributed by atoms with Crippen molar-refractivity contribution >= 4 is 82.9 Å². The van der Waals surface area contributed by atoms with Gasteiger partial charge in [0.05, 0.1) is 0 Å². The lowest BCUT2D eigenvalue weighted by Gasteiger charge is -2.26. The summed E-state index contributed by atoms with van der Waals surface area (Å²) in [6.07, 6.45) is 0. The van der Waals surface area contributed by atoms with Gasteiger partial charge < -0.3 is 18.2 Å². The van der Waals surface area contributed by atoms with Crippen molar-refractivity contribution in [2.75, 3.05) is 4.90 Å². The van der Waals surface area contributed by atoms with Gasteiger partial charge >= 0.3 is 0 Å². The lowest BCUT2D eigenvalue weighted by atomic mass is 9.96. The van der Waals surface area contributed by atoms with E-state index in [1.165, 1.54) is 11.1 Å². The molecule has 3 heterocycles. The lowest BCUT2D eigenvalue weighted by molar-refractivity contribution is 0.664. The third-order valence-electron chi connectivity index (χ3n) is 12.7. The van der Waals surface area contributed by atoms with Gasteiger partial charge in [0.2, 0.25) is 0 Å². The molecule has 0 saturated heterocycles. The van der Waals surface area contributed by atoms with Crippen LogP contribution in [0.1, 0.15) is 0 Å². The molecule has 0 amide bonds. The molecule has 4 nitrogen and oxygen atoms in total. The molecule has 0 aliphatic heterocycles. The normalized spacial score (nSPS) is 11.8. The molecule has 0 spiro atoms. The van der Waals surface area contributed by atoms with E-state index in [0.29, 0.717) is 0 Å². The number of hydrogen-bond donors (Lipinski definition) is 0. The second-order valence-corrected chi connectivity index (χ2v) is 16.4. The fourth-order valence-electron chi connectivity index (χ4n) is 9.62. The molecule has 0 bridgehead atoms. The Kier molecular flexibility index (Phi) is 8.18. The Balaban J connectivity index is 0.900. The number of furan rings is 3. The van der Waals surface area contributed by atoms with Crippen molar-refractivity contribution in [3.63, 3.8) is 0 Å². The maximum atomic E-state index is 6.76. The summed E-state index contributed by atoms with van der Waals surface area (Å²) in [4.78, 5) is 2.32. The number of fused-ring (bicyclic) bond motifs is 9. The molecule has 300 valence electrons. The van der Waals surface area contributed by atoms with Gasteiger partial charge in [-0.25, -0.2) is 0 Å². The Bertz CT molecular complexity index is 3860. The maximum Gasteiger partial charge on any atom is 0.144 e. The summed E-state index contributed by atoms with van der Waals surface area (Å²) in [5.41, 5.74) is 17.3. The maximum absolute atomic E-state index is 6.76. The zero-order valence-corrected chi connectivity index (χ0v) is 34.5. The summed E-state index contributed by atoms with van der Waals surface area (Å²) in [6, 6.07) is 79.0. The van der Waals surface area contributed by atoms with Crippen LogP contribution in [0, 0.1) is 0 Å². The van der Waals surface area contributed by atoms with Crippen LogP contribution in [0.5, 0.6) is 0 Å². The highest BCUT2D eigenvalue weighted by Crippen LogP contribution is 2.46. The van der Waals surface area contributed by atoms with Crippen molar-refractivity contribution in [1.29, 1.82) is 0 Å². The Labute approximate surface area is 368 Å². The van der Waals surface area contributed by atoms with Crippen LogP contribution in [0.25, 0.3) is 110 Å². The zero-order valence-electron chi connectivity index (χ0n) is 34.5. The second kappa shape index (κ2) is 14.5. The Morgan fingerprint density at radius 1 is 0.266 bits per heavy atom. The molecule has 0 radical (unpaired) electrons. The monoisotopic (exact) mass is 819 g/mol. The first-order chi connectivity index (χ1) is 31.7. The highest BCUT2D eigenvalue weighted by atomic mass is 16.3. The molecule has 0 atom stereocenters. The lowest BCUT2D eigenvalue weighted by Crippen LogP contribution is -2.09. The van der Waals surface area contributed by atoms with Gasteiger partial charge in [-0.3, -0.25) is 0 Å². The third-order valence-corrected chi connectivity index (χ3v) is 12.7.